The first kappa shape index (κ1) is 18.1. The van der Waals surface area contributed by atoms with E-state index in [2.05, 4.69) is 20.6 Å². The van der Waals surface area contributed by atoms with Crippen molar-refractivity contribution in [3.8, 4) is 0 Å². The highest BCUT2D eigenvalue weighted by molar-refractivity contribution is 6.07. The second-order valence-corrected chi connectivity index (χ2v) is 6.59. The quantitative estimate of drug-likeness (QED) is 0.714. The first-order chi connectivity index (χ1) is 13.7. The summed E-state index contributed by atoms with van der Waals surface area (Å²) in [7, 11) is 0. The van der Waals surface area contributed by atoms with Crippen LogP contribution < -0.4 is 10.6 Å². The fourth-order valence-corrected chi connectivity index (χ4v) is 3.18. The Morgan fingerprint density at radius 2 is 1.82 bits per heavy atom. The van der Waals surface area contributed by atoms with Crippen molar-refractivity contribution in [1.82, 2.24) is 15.3 Å². The van der Waals surface area contributed by atoms with Crippen LogP contribution in [-0.2, 0) is 4.74 Å². The molecular formula is C21H20N4O3. The fourth-order valence-electron chi connectivity index (χ4n) is 3.18. The molecule has 0 saturated carbocycles. The third kappa shape index (κ3) is 3.99. The van der Waals surface area contributed by atoms with Gasteiger partial charge in [-0.3, -0.25) is 14.6 Å². The van der Waals surface area contributed by atoms with E-state index in [-0.39, 0.29) is 23.4 Å². The van der Waals surface area contributed by atoms with Crippen LogP contribution in [0.5, 0.6) is 0 Å². The van der Waals surface area contributed by atoms with Gasteiger partial charge in [-0.15, -0.1) is 0 Å². The van der Waals surface area contributed by atoms with E-state index in [0.29, 0.717) is 17.7 Å². The van der Waals surface area contributed by atoms with E-state index in [1.54, 1.807) is 30.5 Å². The zero-order chi connectivity index (χ0) is 19.3. The van der Waals surface area contributed by atoms with Crippen LogP contribution in [-0.4, -0.2) is 41.0 Å². The van der Waals surface area contributed by atoms with Crippen LogP contribution in [0.15, 0.2) is 54.7 Å². The number of pyridine rings is 2. The van der Waals surface area contributed by atoms with Crippen molar-refractivity contribution in [2.75, 3.05) is 18.5 Å². The number of carbonyl (C=O) groups is 2. The van der Waals surface area contributed by atoms with Gasteiger partial charge in [-0.25, -0.2) is 4.98 Å². The van der Waals surface area contributed by atoms with Crippen molar-refractivity contribution in [3.63, 3.8) is 0 Å². The Morgan fingerprint density at radius 3 is 2.64 bits per heavy atom. The number of fused-ring (bicyclic) bond motifs is 1. The summed E-state index contributed by atoms with van der Waals surface area (Å²) in [6.07, 6.45) is 3.68. The molecule has 1 fully saturated rings. The van der Waals surface area contributed by atoms with Crippen LogP contribution in [0.1, 0.15) is 33.8 Å². The number of nitrogens with zero attached hydrogens (tertiary/aromatic N) is 2. The molecule has 4 rings (SSSR count). The van der Waals surface area contributed by atoms with Gasteiger partial charge in [-0.1, -0.05) is 24.3 Å². The third-order valence-corrected chi connectivity index (χ3v) is 4.61. The number of hydrogen-bond donors (Lipinski definition) is 2. The summed E-state index contributed by atoms with van der Waals surface area (Å²) >= 11 is 0. The van der Waals surface area contributed by atoms with Crippen LogP contribution in [0.3, 0.4) is 0 Å². The summed E-state index contributed by atoms with van der Waals surface area (Å²) in [6.45, 7) is 1.18. The number of carbonyl (C=O) groups excluding carboxylic acids is 2. The lowest BCUT2D eigenvalue weighted by Crippen LogP contribution is -2.32. The van der Waals surface area contributed by atoms with Gasteiger partial charge in [-0.05, 0) is 37.1 Å². The van der Waals surface area contributed by atoms with Gasteiger partial charge >= 0.3 is 0 Å². The maximum absolute atomic E-state index is 12.6. The van der Waals surface area contributed by atoms with Crippen LogP contribution in [0.2, 0.25) is 0 Å². The second kappa shape index (κ2) is 8.14. The van der Waals surface area contributed by atoms with E-state index in [0.717, 1.165) is 24.8 Å². The van der Waals surface area contributed by atoms with Crippen LogP contribution in [0.4, 0.5) is 5.69 Å². The molecule has 1 saturated heterocycles. The predicted octanol–water partition coefficient (Wildman–Crippen LogP) is 2.79. The minimum absolute atomic E-state index is 0.0503. The monoisotopic (exact) mass is 376 g/mol. The molecular weight excluding hydrogens is 356 g/mol. The number of benzene rings is 1. The minimum atomic E-state index is -0.396. The molecule has 2 aromatic heterocycles. The van der Waals surface area contributed by atoms with Crippen molar-refractivity contribution in [2.24, 2.45) is 0 Å². The molecule has 7 heteroatoms. The minimum Gasteiger partial charge on any atom is -0.376 e. The molecule has 3 heterocycles. The molecule has 1 aliphatic rings. The highest BCUT2D eigenvalue weighted by Gasteiger charge is 2.18. The Labute approximate surface area is 162 Å². The van der Waals surface area contributed by atoms with Gasteiger partial charge in [0.2, 0.25) is 0 Å². The highest BCUT2D eigenvalue weighted by Crippen LogP contribution is 2.21. The summed E-state index contributed by atoms with van der Waals surface area (Å²) in [5, 5.41) is 6.57. The van der Waals surface area contributed by atoms with Gasteiger partial charge in [0.25, 0.3) is 11.8 Å². The maximum Gasteiger partial charge on any atom is 0.274 e. The van der Waals surface area contributed by atoms with Gasteiger partial charge in [0.15, 0.2) is 0 Å². The number of aromatic nitrogens is 2. The molecule has 7 nitrogen and oxygen atoms in total. The summed E-state index contributed by atoms with van der Waals surface area (Å²) < 4.78 is 5.50. The molecule has 0 spiro atoms. The summed E-state index contributed by atoms with van der Waals surface area (Å²) in [5.41, 5.74) is 1.65. The van der Waals surface area contributed by atoms with Crippen molar-refractivity contribution >= 4 is 28.4 Å². The molecule has 142 valence electrons. The van der Waals surface area contributed by atoms with Crippen LogP contribution in [0, 0.1) is 0 Å². The first-order valence-electron chi connectivity index (χ1n) is 9.23. The SMILES string of the molecule is O=C(NCC1CCCO1)c1cccc(C(=O)Nc2cccc3cccnc23)n1. The second-order valence-electron chi connectivity index (χ2n) is 6.59. The van der Waals surface area contributed by atoms with Gasteiger partial charge in [-0.2, -0.15) is 0 Å². The number of ether oxygens (including phenoxy) is 1. The molecule has 1 aromatic carbocycles. The molecule has 0 bridgehead atoms. The van der Waals surface area contributed by atoms with Gasteiger partial charge in [0.05, 0.1) is 17.3 Å². The van der Waals surface area contributed by atoms with Crippen LogP contribution >= 0.6 is 0 Å². The third-order valence-electron chi connectivity index (χ3n) is 4.61. The molecule has 1 unspecified atom stereocenters. The zero-order valence-electron chi connectivity index (χ0n) is 15.2. The molecule has 2 N–H and O–H groups in total. The van der Waals surface area contributed by atoms with E-state index in [9.17, 15) is 9.59 Å². The average Bonchev–Trinajstić information content (AvgIpc) is 3.26. The summed E-state index contributed by atoms with van der Waals surface area (Å²) in [6, 6.07) is 14.1. The Kier molecular flexibility index (Phi) is 5.25. The number of amides is 2. The maximum atomic E-state index is 12.6. The van der Waals surface area contributed by atoms with Crippen molar-refractivity contribution in [3.05, 3.63) is 66.1 Å². The van der Waals surface area contributed by atoms with Crippen LogP contribution in [0.25, 0.3) is 10.9 Å². The number of nitrogens with one attached hydrogen (secondary N) is 2. The standard InChI is InChI=1S/C21H20N4O3/c26-20(23-13-15-7-4-12-28-15)17-9-2-10-18(24-17)21(27)25-16-8-1-5-14-6-3-11-22-19(14)16/h1-3,5-6,8-11,15H,4,7,12-13H2,(H,23,26)(H,25,27). The smallest absolute Gasteiger partial charge is 0.274 e. The van der Waals surface area contributed by atoms with Crippen molar-refractivity contribution < 1.29 is 14.3 Å². The molecule has 0 radical (unpaired) electrons. The van der Waals surface area contributed by atoms with E-state index in [4.69, 9.17) is 4.74 Å². The van der Waals surface area contributed by atoms with Gasteiger partial charge < -0.3 is 15.4 Å². The van der Waals surface area contributed by atoms with Crippen molar-refractivity contribution in [1.29, 1.82) is 0 Å². The molecule has 3 aromatic rings. The lowest BCUT2D eigenvalue weighted by Gasteiger charge is -2.11. The summed E-state index contributed by atoms with van der Waals surface area (Å²) in [4.78, 5) is 33.5. The Hall–Kier alpha value is -3.32. The Balaban J connectivity index is 1.47. The van der Waals surface area contributed by atoms with E-state index >= 15 is 0 Å². The molecule has 1 aliphatic heterocycles. The first-order valence-corrected chi connectivity index (χ1v) is 9.23. The summed E-state index contributed by atoms with van der Waals surface area (Å²) in [5.74, 6) is -0.719. The van der Waals surface area contributed by atoms with E-state index < -0.39 is 5.91 Å². The van der Waals surface area contributed by atoms with Crippen molar-refractivity contribution in [2.45, 2.75) is 18.9 Å². The van der Waals surface area contributed by atoms with E-state index in [1.807, 2.05) is 24.3 Å². The zero-order valence-corrected chi connectivity index (χ0v) is 15.2. The topological polar surface area (TPSA) is 93.2 Å². The number of para-hydroxylation sites is 1. The average molecular weight is 376 g/mol. The number of rotatable bonds is 5. The van der Waals surface area contributed by atoms with Gasteiger partial charge in [0, 0.05) is 24.7 Å². The normalized spacial score (nSPS) is 16.1. The number of anilines is 1. The van der Waals surface area contributed by atoms with Gasteiger partial charge in [0.1, 0.15) is 11.4 Å². The molecule has 28 heavy (non-hydrogen) atoms. The lowest BCUT2D eigenvalue weighted by molar-refractivity contribution is 0.0853. The Bertz CT molecular complexity index is 1010. The molecule has 0 aliphatic carbocycles. The molecule has 1 atom stereocenters. The van der Waals surface area contributed by atoms with E-state index in [1.165, 1.54) is 0 Å². The largest absolute Gasteiger partial charge is 0.376 e. The highest BCUT2D eigenvalue weighted by atomic mass is 16.5. The predicted molar refractivity (Wildman–Crippen MR) is 105 cm³/mol. The molecule has 2 amide bonds. The lowest BCUT2D eigenvalue weighted by atomic mass is 10.2. The fraction of sp³-hybridized carbons (Fsp3) is 0.238. The Morgan fingerprint density at radius 1 is 1.04 bits per heavy atom. The number of hydrogen-bond acceptors (Lipinski definition) is 5.